The van der Waals surface area contributed by atoms with Crippen LogP contribution in [0.5, 0.6) is 5.75 Å². The van der Waals surface area contributed by atoms with Gasteiger partial charge in [0.05, 0.1) is 12.0 Å². The second-order valence-electron chi connectivity index (χ2n) is 6.17. The Kier molecular flexibility index (Phi) is 7.13. The van der Waals surface area contributed by atoms with Crippen LogP contribution < -0.4 is 14.8 Å². The molecule has 154 valence electrons. The zero-order valence-corrected chi connectivity index (χ0v) is 17.4. The number of anilines is 1. The molecule has 3 rings (SSSR count). The second-order valence-corrected chi connectivity index (χ2v) is 8.69. The van der Waals surface area contributed by atoms with Crippen molar-refractivity contribution >= 4 is 26.7 Å². The lowest BCUT2D eigenvalue weighted by Gasteiger charge is -2.07. The molecule has 0 amide bonds. The van der Waals surface area contributed by atoms with Crippen molar-refractivity contribution in [2.45, 2.75) is 17.7 Å². The Morgan fingerprint density at radius 3 is 2.48 bits per heavy atom. The van der Waals surface area contributed by atoms with Crippen molar-refractivity contribution in [3.8, 4) is 5.75 Å². The quantitative estimate of drug-likeness (QED) is 0.475. The molecule has 2 N–H and O–H groups in total. The first-order valence-corrected chi connectivity index (χ1v) is 11.2. The van der Waals surface area contributed by atoms with Crippen LogP contribution in [-0.2, 0) is 16.4 Å². The van der Waals surface area contributed by atoms with Gasteiger partial charge in [0.2, 0.25) is 15.2 Å². The zero-order valence-electron chi connectivity index (χ0n) is 15.8. The Hall–Kier alpha value is -2.56. The van der Waals surface area contributed by atoms with Crippen molar-refractivity contribution in [3.05, 3.63) is 65.7 Å². The molecule has 29 heavy (non-hydrogen) atoms. The summed E-state index contributed by atoms with van der Waals surface area (Å²) in [6.45, 7) is 0.846. The molecular weight excluding hydrogens is 415 g/mol. The molecular formula is C19H21FN4O3S2. The average molecular weight is 437 g/mol. The Balaban J connectivity index is 1.41. The van der Waals surface area contributed by atoms with Crippen LogP contribution in [0.25, 0.3) is 0 Å². The minimum atomic E-state index is -3.55. The van der Waals surface area contributed by atoms with Gasteiger partial charge >= 0.3 is 0 Å². The van der Waals surface area contributed by atoms with Crippen molar-refractivity contribution in [1.29, 1.82) is 0 Å². The number of hydrogen-bond acceptors (Lipinski definition) is 7. The highest BCUT2D eigenvalue weighted by molar-refractivity contribution is 7.89. The highest BCUT2D eigenvalue weighted by atomic mass is 32.2. The molecule has 0 aliphatic rings. The van der Waals surface area contributed by atoms with Crippen LogP contribution in [0, 0.1) is 5.82 Å². The minimum Gasteiger partial charge on any atom is -0.497 e. The van der Waals surface area contributed by atoms with Crippen LogP contribution >= 0.6 is 11.5 Å². The third kappa shape index (κ3) is 6.21. The maximum absolute atomic E-state index is 12.9. The van der Waals surface area contributed by atoms with E-state index in [-0.39, 0.29) is 10.7 Å². The standard InChI is InChI=1S/C19H21FN4O3S2/c1-27-16-7-9-17(10-8-16)29(25,26)22-12-2-11-21-19-23-18(24-28-19)13-14-3-5-15(20)6-4-14/h3-10,22H,2,11-13H2,1H3,(H,21,23,24). The van der Waals surface area contributed by atoms with E-state index in [0.29, 0.717) is 42.6 Å². The average Bonchev–Trinajstić information content (AvgIpc) is 3.16. The lowest BCUT2D eigenvalue weighted by molar-refractivity contribution is 0.414. The highest BCUT2D eigenvalue weighted by Gasteiger charge is 2.13. The minimum absolute atomic E-state index is 0.195. The molecule has 0 fully saturated rings. The Morgan fingerprint density at radius 2 is 1.79 bits per heavy atom. The van der Waals surface area contributed by atoms with Crippen molar-refractivity contribution in [1.82, 2.24) is 14.1 Å². The van der Waals surface area contributed by atoms with Gasteiger partial charge in [0, 0.05) is 31.0 Å². The van der Waals surface area contributed by atoms with Crippen LogP contribution in [0.1, 0.15) is 17.8 Å². The molecule has 0 spiro atoms. The first-order valence-electron chi connectivity index (χ1n) is 8.91. The van der Waals surface area contributed by atoms with E-state index in [1.165, 1.54) is 42.9 Å². The molecule has 0 atom stereocenters. The first-order chi connectivity index (χ1) is 14.0. The van der Waals surface area contributed by atoms with E-state index < -0.39 is 10.0 Å². The molecule has 0 unspecified atom stereocenters. The van der Waals surface area contributed by atoms with E-state index in [2.05, 4.69) is 19.4 Å². The molecule has 0 saturated carbocycles. The summed E-state index contributed by atoms with van der Waals surface area (Å²) in [5, 5.41) is 3.80. The summed E-state index contributed by atoms with van der Waals surface area (Å²) in [5.74, 6) is 0.985. The van der Waals surface area contributed by atoms with Crippen molar-refractivity contribution in [3.63, 3.8) is 0 Å². The summed E-state index contributed by atoms with van der Waals surface area (Å²) >= 11 is 1.24. The number of nitrogens with zero attached hydrogens (tertiary/aromatic N) is 2. The van der Waals surface area contributed by atoms with Gasteiger partial charge in [0.15, 0.2) is 0 Å². The molecule has 0 saturated heterocycles. The number of ether oxygens (including phenoxy) is 1. The predicted molar refractivity (Wildman–Crippen MR) is 110 cm³/mol. The normalized spacial score (nSPS) is 11.4. The fourth-order valence-corrected chi connectivity index (χ4v) is 4.20. The molecule has 2 aromatic carbocycles. The number of hydrogen-bond donors (Lipinski definition) is 2. The number of benzene rings is 2. The van der Waals surface area contributed by atoms with E-state index in [4.69, 9.17) is 4.74 Å². The van der Waals surface area contributed by atoms with Crippen LogP contribution in [0.3, 0.4) is 0 Å². The Morgan fingerprint density at radius 1 is 1.07 bits per heavy atom. The lowest BCUT2D eigenvalue weighted by Crippen LogP contribution is -2.26. The van der Waals surface area contributed by atoms with Crippen molar-refractivity contribution in [2.24, 2.45) is 0 Å². The highest BCUT2D eigenvalue weighted by Crippen LogP contribution is 2.16. The predicted octanol–water partition coefficient (Wildman–Crippen LogP) is 3.06. The van der Waals surface area contributed by atoms with Gasteiger partial charge in [-0.15, -0.1) is 0 Å². The van der Waals surface area contributed by atoms with E-state index in [1.807, 2.05) is 0 Å². The number of rotatable bonds is 10. The van der Waals surface area contributed by atoms with Crippen LogP contribution in [0.15, 0.2) is 53.4 Å². The third-order valence-corrected chi connectivity index (χ3v) is 6.22. The van der Waals surface area contributed by atoms with Gasteiger partial charge < -0.3 is 10.1 Å². The molecule has 0 radical (unpaired) electrons. The zero-order chi connectivity index (χ0) is 20.7. The fourth-order valence-electron chi connectivity index (χ4n) is 2.51. The van der Waals surface area contributed by atoms with Gasteiger partial charge in [0.1, 0.15) is 17.4 Å². The monoisotopic (exact) mass is 436 g/mol. The molecule has 10 heteroatoms. The molecule has 1 aromatic heterocycles. The molecule has 0 bridgehead atoms. The maximum Gasteiger partial charge on any atom is 0.240 e. The Bertz CT molecular complexity index is 1020. The third-order valence-electron chi connectivity index (χ3n) is 4.04. The topological polar surface area (TPSA) is 93.2 Å². The summed E-state index contributed by atoms with van der Waals surface area (Å²) < 4.78 is 49.3. The number of aromatic nitrogens is 2. The maximum atomic E-state index is 12.9. The van der Waals surface area contributed by atoms with Crippen LogP contribution in [-0.4, -0.2) is 38.0 Å². The second kappa shape index (κ2) is 9.77. The summed E-state index contributed by atoms with van der Waals surface area (Å²) in [6.07, 6.45) is 1.11. The van der Waals surface area contributed by atoms with E-state index >= 15 is 0 Å². The lowest BCUT2D eigenvalue weighted by atomic mass is 10.1. The SMILES string of the molecule is COc1ccc(S(=O)(=O)NCCCNc2nc(Cc3ccc(F)cc3)ns2)cc1. The van der Waals surface area contributed by atoms with Gasteiger partial charge in [-0.3, -0.25) is 0 Å². The molecule has 3 aromatic rings. The number of halogens is 1. The molecule has 0 aliphatic carbocycles. The van der Waals surface area contributed by atoms with E-state index in [1.54, 1.807) is 24.3 Å². The number of methoxy groups -OCH3 is 1. The fraction of sp³-hybridized carbons (Fsp3) is 0.263. The summed E-state index contributed by atoms with van der Waals surface area (Å²) in [5.41, 5.74) is 0.934. The van der Waals surface area contributed by atoms with Gasteiger partial charge in [-0.05, 0) is 48.4 Å². The Labute approximate surface area is 173 Å². The van der Waals surface area contributed by atoms with E-state index in [9.17, 15) is 12.8 Å². The van der Waals surface area contributed by atoms with Gasteiger partial charge in [-0.25, -0.2) is 22.5 Å². The molecule has 7 nitrogen and oxygen atoms in total. The summed E-state index contributed by atoms with van der Waals surface area (Å²) in [7, 11) is -2.02. The van der Waals surface area contributed by atoms with Crippen LogP contribution in [0.2, 0.25) is 0 Å². The van der Waals surface area contributed by atoms with Gasteiger partial charge in [0.25, 0.3) is 0 Å². The van der Waals surface area contributed by atoms with Crippen molar-refractivity contribution in [2.75, 3.05) is 25.5 Å². The number of nitrogens with one attached hydrogen (secondary N) is 2. The van der Waals surface area contributed by atoms with Gasteiger partial charge in [-0.2, -0.15) is 4.37 Å². The van der Waals surface area contributed by atoms with E-state index in [0.717, 1.165) is 5.56 Å². The molecule has 0 aliphatic heterocycles. The van der Waals surface area contributed by atoms with Crippen molar-refractivity contribution < 1.29 is 17.5 Å². The number of sulfonamides is 1. The first kappa shape index (κ1) is 21.2. The largest absolute Gasteiger partial charge is 0.497 e. The summed E-state index contributed by atoms with van der Waals surface area (Å²) in [6, 6.07) is 12.5. The smallest absolute Gasteiger partial charge is 0.240 e. The summed E-state index contributed by atoms with van der Waals surface area (Å²) in [4.78, 5) is 4.59. The van der Waals surface area contributed by atoms with Crippen LogP contribution in [0.4, 0.5) is 9.52 Å². The molecule has 1 heterocycles. The van der Waals surface area contributed by atoms with Gasteiger partial charge in [-0.1, -0.05) is 12.1 Å².